The number of sulfonamides is 1. The van der Waals surface area contributed by atoms with Crippen LogP contribution in [0.2, 0.25) is 0 Å². The second-order valence-electron chi connectivity index (χ2n) is 4.91. The van der Waals surface area contributed by atoms with Crippen LogP contribution in [0.25, 0.3) is 10.2 Å². The molecule has 0 fully saturated rings. The molecule has 0 aliphatic carbocycles. The van der Waals surface area contributed by atoms with E-state index in [1.165, 1.54) is 16.7 Å². The summed E-state index contributed by atoms with van der Waals surface area (Å²) in [5.74, 6) is 1.60. The summed E-state index contributed by atoms with van der Waals surface area (Å²) in [6.07, 6.45) is 1.94. The Kier molecular flexibility index (Phi) is 5.24. The summed E-state index contributed by atoms with van der Waals surface area (Å²) in [4.78, 5) is 11.3. The zero-order valence-corrected chi connectivity index (χ0v) is 15.0. The third kappa shape index (κ3) is 4.38. The average Bonchev–Trinajstić information content (AvgIpc) is 2.62. The highest BCUT2D eigenvalue weighted by Gasteiger charge is 2.13. The van der Waals surface area contributed by atoms with Gasteiger partial charge in [0.15, 0.2) is 0 Å². The van der Waals surface area contributed by atoms with Crippen molar-refractivity contribution in [2.75, 3.05) is 18.6 Å². The molecule has 0 amide bonds. The number of rotatable bonds is 6. The van der Waals surface area contributed by atoms with E-state index in [9.17, 15) is 8.42 Å². The summed E-state index contributed by atoms with van der Waals surface area (Å²) >= 11 is 3.36. The molecule has 0 unspecified atom stereocenters. The summed E-state index contributed by atoms with van der Waals surface area (Å²) < 4.78 is 24.5. The lowest BCUT2D eigenvalue weighted by atomic mass is 10.2. The SMILES string of the molecule is Cc1nc(SCCCNS(C)(=O)=O)c2c(C)c(C)sc2n1. The van der Waals surface area contributed by atoms with Gasteiger partial charge < -0.3 is 0 Å². The van der Waals surface area contributed by atoms with Crippen molar-refractivity contribution >= 4 is 43.3 Å². The molecule has 2 rings (SSSR count). The van der Waals surface area contributed by atoms with Crippen molar-refractivity contribution in [2.45, 2.75) is 32.2 Å². The van der Waals surface area contributed by atoms with Gasteiger partial charge in [0.05, 0.1) is 6.26 Å². The van der Waals surface area contributed by atoms with Crippen LogP contribution in [0, 0.1) is 20.8 Å². The molecular formula is C13H19N3O2S3. The number of thiophene rings is 1. The highest BCUT2D eigenvalue weighted by Crippen LogP contribution is 2.35. The summed E-state index contributed by atoms with van der Waals surface area (Å²) in [6, 6.07) is 0. The number of hydrogen-bond acceptors (Lipinski definition) is 6. The van der Waals surface area contributed by atoms with E-state index in [0.29, 0.717) is 6.54 Å². The van der Waals surface area contributed by atoms with Crippen molar-refractivity contribution in [3.05, 3.63) is 16.3 Å². The van der Waals surface area contributed by atoms with Crippen molar-refractivity contribution in [1.82, 2.24) is 14.7 Å². The lowest BCUT2D eigenvalue weighted by molar-refractivity contribution is 0.587. The maximum atomic E-state index is 11.0. The van der Waals surface area contributed by atoms with Crippen LogP contribution >= 0.6 is 23.1 Å². The number of aryl methyl sites for hydroxylation is 3. The number of hydrogen-bond donors (Lipinski definition) is 1. The Balaban J connectivity index is 2.08. The lowest BCUT2D eigenvalue weighted by Crippen LogP contribution is -2.23. The zero-order chi connectivity index (χ0) is 15.6. The van der Waals surface area contributed by atoms with Crippen LogP contribution in [0.1, 0.15) is 22.7 Å². The van der Waals surface area contributed by atoms with Crippen molar-refractivity contribution in [2.24, 2.45) is 0 Å². The van der Waals surface area contributed by atoms with Crippen LogP contribution in [0.5, 0.6) is 0 Å². The maximum absolute atomic E-state index is 11.0. The molecule has 2 heterocycles. The van der Waals surface area contributed by atoms with Gasteiger partial charge in [-0.1, -0.05) is 0 Å². The molecule has 0 aliphatic heterocycles. The van der Waals surface area contributed by atoms with E-state index >= 15 is 0 Å². The average molecular weight is 346 g/mol. The van der Waals surface area contributed by atoms with E-state index in [2.05, 4.69) is 28.5 Å². The number of nitrogens with one attached hydrogen (secondary N) is 1. The number of fused-ring (bicyclic) bond motifs is 1. The molecule has 8 heteroatoms. The van der Waals surface area contributed by atoms with Crippen molar-refractivity contribution in [1.29, 1.82) is 0 Å². The minimum absolute atomic E-state index is 0.459. The van der Waals surface area contributed by atoms with Crippen LogP contribution in [-0.2, 0) is 10.0 Å². The van der Waals surface area contributed by atoms with Gasteiger partial charge >= 0.3 is 0 Å². The maximum Gasteiger partial charge on any atom is 0.208 e. The molecule has 2 aromatic rings. The minimum Gasteiger partial charge on any atom is -0.226 e. The van der Waals surface area contributed by atoms with Gasteiger partial charge in [-0.2, -0.15) is 0 Å². The molecule has 0 radical (unpaired) electrons. The molecule has 0 aromatic carbocycles. The third-order valence-electron chi connectivity index (χ3n) is 3.03. The van der Waals surface area contributed by atoms with E-state index < -0.39 is 10.0 Å². The Morgan fingerprint density at radius 3 is 2.62 bits per heavy atom. The second kappa shape index (κ2) is 6.60. The van der Waals surface area contributed by atoms with Crippen molar-refractivity contribution in [3.63, 3.8) is 0 Å². The Morgan fingerprint density at radius 2 is 1.95 bits per heavy atom. The zero-order valence-electron chi connectivity index (χ0n) is 12.6. The Morgan fingerprint density at radius 1 is 1.24 bits per heavy atom. The van der Waals surface area contributed by atoms with Gasteiger partial charge in [-0.05, 0) is 32.8 Å². The van der Waals surface area contributed by atoms with Crippen LogP contribution in [0.3, 0.4) is 0 Å². The minimum atomic E-state index is -3.10. The quantitative estimate of drug-likeness (QED) is 0.495. The Labute approximate surface area is 133 Å². The largest absolute Gasteiger partial charge is 0.226 e. The highest BCUT2D eigenvalue weighted by atomic mass is 32.2. The Bertz CT molecular complexity index is 754. The normalized spacial score (nSPS) is 12.2. The number of nitrogens with zero attached hydrogens (tertiary/aromatic N) is 2. The topological polar surface area (TPSA) is 72.0 Å². The van der Waals surface area contributed by atoms with E-state index in [0.717, 1.165) is 33.2 Å². The fourth-order valence-electron chi connectivity index (χ4n) is 1.92. The first kappa shape index (κ1) is 16.7. The van der Waals surface area contributed by atoms with Gasteiger partial charge in [-0.3, -0.25) is 0 Å². The predicted molar refractivity (Wildman–Crippen MR) is 89.8 cm³/mol. The molecule has 0 spiro atoms. The Hall–Kier alpha value is -0.700. The first-order chi connectivity index (χ1) is 9.78. The summed E-state index contributed by atoms with van der Waals surface area (Å²) in [7, 11) is -3.10. The van der Waals surface area contributed by atoms with Crippen LogP contribution in [0.15, 0.2) is 5.03 Å². The van der Waals surface area contributed by atoms with E-state index in [-0.39, 0.29) is 0 Å². The molecule has 0 atom stereocenters. The third-order valence-corrected chi connectivity index (χ3v) is 5.92. The van der Waals surface area contributed by atoms with Gasteiger partial charge in [0.25, 0.3) is 0 Å². The molecule has 0 saturated heterocycles. The van der Waals surface area contributed by atoms with Gasteiger partial charge in [0.1, 0.15) is 15.7 Å². The first-order valence-electron chi connectivity index (χ1n) is 6.59. The molecule has 116 valence electrons. The second-order valence-corrected chi connectivity index (χ2v) is 9.03. The van der Waals surface area contributed by atoms with Crippen molar-refractivity contribution in [3.8, 4) is 0 Å². The van der Waals surface area contributed by atoms with Crippen LogP contribution < -0.4 is 4.72 Å². The van der Waals surface area contributed by atoms with Crippen LogP contribution in [-0.4, -0.2) is 36.9 Å². The number of thioether (sulfide) groups is 1. The smallest absolute Gasteiger partial charge is 0.208 e. The molecule has 21 heavy (non-hydrogen) atoms. The van der Waals surface area contributed by atoms with Gasteiger partial charge in [0, 0.05) is 22.6 Å². The molecule has 5 nitrogen and oxygen atoms in total. The lowest BCUT2D eigenvalue weighted by Gasteiger charge is -2.05. The van der Waals surface area contributed by atoms with E-state index in [1.807, 2.05) is 6.92 Å². The molecule has 0 aliphatic rings. The molecule has 0 bridgehead atoms. The molecule has 2 aromatic heterocycles. The number of aromatic nitrogens is 2. The predicted octanol–water partition coefficient (Wildman–Crippen LogP) is 2.65. The standard InChI is InChI=1S/C13H19N3O2S3/c1-8-9(2)20-13-11(8)12(15-10(3)16-13)19-7-5-6-14-21(4,17)18/h14H,5-7H2,1-4H3. The van der Waals surface area contributed by atoms with E-state index in [4.69, 9.17) is 0 Å². The monoisotopic (exact) mass is 345 g/mol. The van der Waals surface area contributed by atoms with Crippen molar-refractivity contribution < 1.29 is 8.42 Å². The fraction of sp³-hybridized carbons (Fsp3) is 0.538. The molecule has 1 N–H and O–H groups in total. The molecular weight excluding hydrogens is 326 g/mol. The van der Waals surface area contributed by atoms with Gasteiger partial charge in [-0.25, -0.2) is 23.1 Å². The summed E-state index contributed by atoms with van der Waals surface area (Å²) in [5.41, 5.74) is 1.24. The fourth-order valence-corrected chi connectivity index (χ4v) is 4.64. The van der Waals surface area contributed by atoms with E-state index in [1.54, 1.807) is 23.1 Å². The van der Waals surface area contributed by atoms with Crippen LogP contribution in [0.4, 0.5) is 0 Å². The highest BCUT2D eigenvalue weighted by molar-refractivity contribution is 7.99. The molecule has 0 saturated carbocycles. The van der Waals surface area contributed by atoms with Gasteiger partial charge in [0.2, 0.25) is 10.0 Å². The van der Waals surface area contributed by atoms with Gasteiger partial charge in [-0.15, -0.1) is 23.1 Å². The first-order valence-corrected chi connectivity index (χ1v) is 10.3. The summed E-state index contributed by atoms with van der Waals surface area (Å²) in [5, 5.41) is 2.14. The summed E-state index contributed by atoms with van der Waals surface area (Å²) in [6.45, 7) is 6.56.